The van der Waals surface area contributed by atoms with Crippen molar-refractivity contribution in [2.24, 2.45) is 0 Å². The van der Waals surface area contributed by atoms with E-state index in [1.165, 1.54) is 0 Å². The maximum atomic E-state index is 12.7. The van der Waals surface area contributed by atoms with Gasteiger partial charge in [-0.15, -0.1) is 0 Å². The highest BCUT2D eigenvalue weighted by Gasteiger charge is 2.27. The summed E-state index contributed by atoms with van der Waals surface area (Å²) in [5, 5.41) is 9.26. The molecule has 0 saturated heterocycles. The Labute approximate surface area is 194 Å². The first kappa shape index (κ1) is 22.5. The normalized spacial score (nSPS) is 12.9. The average Bonchev–Trinajstić information content (AvgIpc) is 3.69. The van der Waals surface area contributed by atoms with E-state index in [0.29, 0.717) is 17.0 Å². The summed E-state index contributed by atoms with van der Waals surface area (Å²) >= 11 is 0. The molecule has 1 saturated carbocycles. The largest absolute Gasteiger partial charge is 0.355 e. The number of rotatable bonds is 9. The van der Waals surface area contributed by atoms with Crippen LogP contribution in [0.4, 0.5) is 17.3 Å². The fraction of sp³-hybridized carbons (Fsp3) is 0.308. The van der Waals surface area contributed by atoms with Gasteiger partial charge >= 0.3 is 0 Å². The SMILES string of the molecule is CCC(CC)NC(=O)c1cccc(Nc2ccc(C(=O)Nc3ncccn3)cc2C2CC2)c1. The number of amides is 2. The van der Waals surface area contributed by atoms with E-state index in [4.69, 9.17) is 0 Å². The smallest absolute Gasteiger partial charge is 0.258 e. The second-order valence-electron chi connectivity index (χ2n) is 8.30. The number of nitrogens with one attached hydrogen (secondary N) is 3. The fourth-order valence-corrected chi connectivity index (χ4v) is 3.74. The predicted molar refractivity (Wildman–Crippen MR) is 130 cm³/mol. The van der Waals surface area contributed by atoms with E-state index in [2.05, 4.69) is 39.8 Å². The molecule has 0 aliphatic heterocycles. The third kappa shape index (κ3) is 5.74. The van der Waals surface area contributed by atoms with Gasteiger partial charge in [0.2, 0.25) is 5.95 Å². The number of hydrogen-bond acceptors (Lipinski definition) is 5. The van der Waals surface area contributed by atoms with Crippen molar-refractivity contribution < 1.29 is 9.59 Å². The van der Waals surface area contributed by atoms with E-state index in [-0.39, 0.29) is 23.8 Å². The Balaban J connectivity index is 1.51. The zero-order chi connectivity index (χ0) is 23.2. The average molecular weight is 444 g/mol. The summed E-state index contributed by atoms with van der Waals surface area (Å²) < 4.78 is 0. The van der Waals surface area contributed by atoms with Crippen molar-refractivity contribution >= 4 is 29.1 Å². The Morgan fingerprint density at radius 3 is 2.36 bits per heavy atom. The molecule has 7 heteroatoms. The monoisotopic (exact) mass is 443 g/mol. The number of anilines is 3. The molecule has 1 heterocycles. The zero-order valence-corrected chi connectivity index (χ0v) is 19.0. The summed E-state index contributed by atoms with van der Waals surface area (Å²) in [7, 11) is 0. The van der Waals surface area contributed by atoms with Crippen LogP contribution < -0.4 is 16.0 Å². The van der Waals surface area contributed by atoms with Crippen LogP contribution in [-0.2, 0) is 0 Å². The van der Waals surface area contributed by atoms with E-state index in [0.717, 1.165) is 42.6 Å². The molecule has 4 rings (SSSR count). The van der Waals surface area contributed by atoms with Crippen LogP contribution in [0.2, 0.25) is 0 Å². The summed E-state index contributed by atoms with van der Waals surface area (Å²) in [6.07, 6.45) is 7.18. The first-order valence-corrected chi connectivity index (χ1v) is 11.5. The highest BCUT2D eigenvalue weighted by atomic mass is 16.2. The number of carbonyl (C=O) groups is 2. The van der Waals surface area contributed by atoms with Crippen LogP contribution >= 0.6 is 0 Å². The van der Waals surface area contributed by atoms with E-state index in [9.17, 15) is 9.59 Å². The standard InChI is InChI=1S/C26H29N5O2/c1-3-20(4-2)30-24(32)18-7-5-8-21(15-18)29-23-12-11-19(16-22(23)17-9-10-17)25(33)31-26-27-13-6-14-28-26/h5-8,11-17,20,29H,3-4,9-10H2,1-2H3,(H,30,32)(H,27,28,31,33). The molecule has 1 aliphatic carbocycles. The highest BCUT2D eigenvalue weighted by molar-refractivity contribution is 6.04. The van der Waals surface area contributed by atoms with Gasteiger partial charge in [-0.2, -0.15) is 0 Å². The van der Waals surface area contributed by atoms with Gasteiger partial charge in [-0.3, -0.25) is 14.9 Å². The number of carbonyl (C=O) groups excluding carboxylic acids is 2. The molecule has 2 amide bonds. The van der Waals surface area contributed by atoms with Crippen LogP contribution in [-0.4, -0.2) is 27.8 Å². The second-order valence-corrected chi connectivity index (χ2v) is 8.30. The highest BCUT2D eigenvalue weighted by Crippen LogP contribution is 2.44. The third-order valence-corrected chi connectivity index (χ3v) is 5.85. The van der Waals surface area contributed by atoms with Crippen molar-refractivity contribution in [3.63, 3.8) is 0 Å². The van der Waals surface area contributed by atoms with Crippen molar-refractivity contribution in [3.05, 3.63) is 77.6 Å². The molecular weight excluding hydrogens is 414 g/mol. The van der Waals surface area contributed by atoms with Crippen LogP contribution in [0.1, 0.15) is 71.7 Å². The number of benzene rings is 2. The quantitative estimate of drug-likeness (QED) is 0.419. The third-order valence-electron chi connectivity index (χ3n) is 5.85. The predicted octanol–water partition coefficient (Wildman–Crippen LogP) is 5.27. The van der Waals surface area contributed by atoms with Gasteiger partial charge in [0.15, 0.2) is 0 Å². The van der Waals surface area contributed by atoms with Crippen molar-refractivity contribution in [2.75, 3.05) is 10.6 Å². The van der Waals surface area contributed by atoms with Gasteiger partial charge < -0.3 is 10.6 Å². The molecule has 1 aromatic heterocycles. The lowest BCUT2D eigenvalue weighted by Crippen LogP contribution is -2.33. The Kier molecular flexibility index (Phi) is 6.98. The Hall–Kier alpha value is -3.74. The first-order chi connectivity index (χ1) is 16.1. The molecule has 0 bridgehead atoms. The molecule has 170 valence electrons. The summed E-state index contributed by atoms with van der Waals surface area (Å²) in [5.74, 6) is 0.398. The molecule has 0 spiro atoms. The lowest BCUT2D eigenvalue weighted by molar-refractivity contribution is 0.0934. The number of aromatic nitrogens is 2. The van der Waals surface area contributed by atoms with Gasteiger partial charge in [0.1, 0.15) is 0 Å². The molecule has 3 N–H and O–H groups in total. The van der Waals surface area contributed by atoms with Gasteiger partial charge in [0.25, 0.3) is 11.8 Å². The first-order valence-electron chi connectivity index (χ1n) is 11.5. The van der Waals surface area contributed by atoms with Crippen LogP contribution in [0.3, 0.4) is 0 Å². The van der Waals surface area contributed by atoms with Gasteiger partial charge in [0, 0.05) is 40.9 Å². The van der Waals surface area contributed by atoms with E-state index >= 15 is 0 Å². The lowest BCUT2D eigenvalue weighted by Gasteiger charge is -2.16. The minimum atomic E-state index is -0.241. The number of nitrogens with zero attached hydrogens (tertiary/aromatic N) is 2. The van der Waals surface area contributed by atoms with E-state index < -0.39 is 0 Å². The molecule has 1 fully saturated rings. The van der Waals surface area contributed by atoms with Crippen molar-refractivity contribution in [1.82, 2.24) is 15.3 Å². The molecule has 7 nitrogen and oxygen atoms in total. The minimum absolute atomic E-state index is 0.0649. The zero-order valence-electron chi connectivity index (χ0n) is 19.0. The number of hydrogen-bond donors (Lipinski definition) is 3. The molecule has 3 aromatic rings. The Morgan fingerprint density at radius 1 is 0.939 bits per heavy atom. The maximum absolute atomic E-state index is 12.7. The molecule has 0 atom stereocenters. The van der Waals surface area contributed by atoms with E-state index in [1.54, 1.807) is 24.5 Å². The molecule has 1 aliphatic rings. The molecular formula is C26H29N5O2. The lowest BCUT2D eigenvalue weighted by atomic mass is 10.0. The molecule has 0 radical (unpaired) electrons. The van der Waals surface area contributed by atoms with E-state index in [1.807, 2.05) is 36.4 Å². The van der Waals surface area contributed by atoms with Crippen LogP contribution in [0, 0.1) is 0 Å². The van der Waals surface area contributed by atoms with Crippen molar-refractivity contribution in [2.45, 2.75) is 51.5 Å². The summed E-state index contributed by atoms with van der Waals surface area (Å²) in [4.78, 5) is 33.4. The Morgan fingerprint density at radius 2 is 1.67 bits per heavy atom. The summed E-state index contributed by atoms with van der Waals surface area (Å²) in [5.41, 5.74) is 4.07. The molecule has 2 aromatic carbocycles. The summed E-state index contributed by atoms with van der Waals surface area (Å²) in [6.45, 7) is 4.14. The van der Waals surface area contributed by atoms with Crippen LogP contribution in [0.5, 0.6) is 0 Å². The molecule has 0 unspecified atom stereocenters. The van der Waals surface area contributed by atoms with Gasteiger partial charge in [-0.25, -0.2) is 9.97 Å². The van der Waals surface area contributed by atoms with Gasteiger partial charge in [-0.1, -0.05) is 19.9 Å². The fourth-order valence-electron chi connectivity index (χ4n) is 3.74. The van der Waals surface area contributed by atoms with Crippen molar-refractivity contribution in [3.8, 4) is 0 Å². The minimum Gasteiger partial charge on any atom is -0.355 e. The topological polar surface area (TPSA) is 96.0 Å². The maximum Gasteiger partial charge on any atom is 0.258 e. The molecule has 33 heavy (non-hydrogen) atoms. The Bertz CT molecular complexity index is 1120. The van der Waals surface area contributed by atoms with Gasteiger partial charge in [0.05, 0.1) is 0 Å². The van der Waals surface area contributed by atoms with Gasteiger partial charge in [-0.05, 0) is 79.6 Å². The van der Waals surface area contributed by atoms with Crippen molar-refractivity contribution in [1.29, 1.82) is 0 Å². The summed E-state index contributed by atoms with van der Waals surface area (Å²) in [6, 6.07) is 15.0. The van der Waals surface area contributed by atoms with Crippen LogP contribution in [0.15, 0.2) is 60.9 Å². The second kappa shape index (κ2) is 10.3. The van der Waals surface area contributed by atoms with Crippen LogP contribution in [0.25, 0.3) is 0 Å².